The van der Waals surface area contributed by atoms with E-state index in [-0.39, 0.29) is 11.9 Å². The van der Waals surface area contributed by atoms with Gasteiger partial charge in [0.1, 0.15) is 5.82 Å². The molecule has 0 spiro atoms. The van der Waals surface area contributed by atoms with Crippen molar-refractivity contribution in [2.75, 3.05) is 7.05 Å². The van der Waals surface area contributed by atoms with Gasteiger partial charge in [-0.25, -0.2) is 4.39 Å². The average Bonchev–Trinajstić information content (AvgIpc) is 2.50. The molecule has 0 fully saturated rings. The number of nitrogens with one attached hydrogen (secondary N) is 1. The Morgan fingerprint density at radius 3 is 2.67 bits per heavy atom. The molecule has 0 aliphatic heterocycles. The second-order valence-electron chi connectivity index (χ2n) is 5.03. The molecule has 2 aromatic heterocycles. The molecule has 0 aliphatic carbocycles. The standard InChI is InChI=1S/C17H16FN3/c1-11-3-4-12-9-13(5-7-15(12)21-11)17(19-2)16-8-6-14(18)10-20-16/h3-10,17,19H,1-2H3. The molecular weight excluding hydrogens is 265 g/mol. The van der Waals surface area contributed by atoms with Crippen molar-refractivity contribution in [3.8, 4) is 0 Å². The van der Waals surface area contributed by atoms with E-state index in [4.69, 9.17) is 0 Å². The summed E-state index contributed by atoms with van der Waals surface area (Å²) in [7, 11) is 1.87. The van der Waals surface area contributed by atoms with Gasteiger partial charge in [0.05, 0.1) is 23.4 Å². The molecule has 0 aliphatic rings. The number of fused-ring (bicyclic) bond motifs is 1. The van der Waals surface area contributed by atoms with Crippen molar-refractivity contribution in [3.63, 3.8) is 0 Å². The van der Waals surface area contributed by atoms with Crippen molar-refractivity contribution in [2.24, 2.45) is 0 Å². The molecule has 3 aromatic rings. The van der Waals surface area contributed by atoms with Crippen LogP contribution in [0.5, 0.6) is 0 Å². The summed E-state index contributed by atoms with van der Waals surface area (Å²) in [5.74, 6) is -0.327. The van der Waals surface area contributed by atoms with E-state index in [1.807, 2.05) is 32.2 Å². The minimum Gasteiger partial charge on any atom is -0.308 e. The summed E-state index contributed by atoms with van der Waals surface area (Å²) in [5.41, 5.74) is 3.84. The molecule has 0 saturated heterocycles. The minimum atomic E-state index is -0.327. The minimum absolute atomic E-state index is 0.0729. The van der Waals surface area contributed by atoms with E-state index in [0.717, 1.165) is 27.9 Å². The zero-order chi connectivity index (χ0) is 14.8. The van der Waals surface area contributed by atoms with Crippen molar-refractivity contribution in [1.82, 2.24) is 15.3 Å². The van der Waals surface area contributed by atoms with Crippen molar-refractivity contribution < 1.29 is 4.39 Å². The van der Waals surface area contributed by atoms with E-state index in [2.05, 4.69) is 27.4 Å². The predicted molar refractivity (Wildman–Crippen MR) is 81.6 cm³/mol. The quantitative estimate of drug-likeness (QED) is 0.799. The summed E-state index contributed by atoms with van der Waals surface area (Å²) in [6.07, 6.45) is 1.24. The Bertz CT molecular complexity index is 769. The van der Waals surface area contributed by atoms with Crippen LogP contribution in [0, 0.1) is 12.7 Å². The highest BCUT2D eigenvalue weighted by Crippen LogP contribution is 2.24. The highest BCUT2D eigenvalue weighted by molar-refractivity contribution is 5.79. The molecule has 1 atom stereocenters. The van der Waals surface area contributed by atoms with E-state index in [1.54, 1.807) is 6.07 Å². The number of halogens is 1. The third kappa shape index (κ3) is 2.76. The number of rotatable bonds is 3. The normalized spacial score (nSPS) is 12.5. The van der Waals surface area contributed by atoms with Crippen molar-refractivity contribution in [1.29, 1.82) is 0 Å². The van der Waals surface area contributed by atoms with Gasteiger partial charge in [-0.05, 0) is 49.9 Å². The smallest absolute Gasteiger partial charge is 0.141 e. The van der Waals surface area contributed by atoms with Crippen LogP contribution in [0.25, 0.3) is 10.9 Å². The van der Waals surface area contributed by atoms with Crippen LogP contribution in [-0.2, 0) is 0 Å². The zero-order valence-electron chi connectivity index (χ0n) is 12.0. The SMILES string of the molecule is CNC(c1ccc2nc(C)ccc2c1)c1ccc(F)cn1. The number of benzene rings is 1. The van der Waals surface area contributed by atoms with Gasteiger partial charge >= 0.3 is 0 Å². The highest BCUT2D eigenvalue weighted by Gasteiger charge is 2.14. The molecular formula is C17H16FN3. The number of hydrogen-bond donors (Lipinski definition) is 1. The van der Waals surface area contributed by atoms with Gasteiger partial charge < -0.3 is 5.32 Å². The molecule has 106 valence electrons. The first-order valence-electron chi connectivity index (χ1n) is 6.83. The fraction of sp³-hybridized carbons (Fsp3) is 0.176. The maximum atomic E-state index is 13.0. The summed E-state index contributed by atoms with van der Waals surface area (Å²) in [4.78, 5) is 8.67. The van der Waals surface area contributed by atoms with E-state index in [0.29, 0.717) is 0 Å². The fourth-order valence-electron chi connectivity index (χ4n) is 2.47. The Labute approximate surface area is 122 Å². The van der Waals surface area contributed by atoms with Gasteiger partial charge in [-0.3, -0.25) is 9.97 Å². The number of aromatic nitrogens is 2. The molecule has 1 N–H and O–H groups in total. The number of aryl methyl sites for hydroxylation is 1. The maximum Gasteiger partial charge on any atom is 0.141 e. The van der Waals surface area contributed by atoms with Gasteiger partial charge in [0.25, 0.3) is 0 Å². The Morgan fingerprint density at radius 1 is 1.10 bits per heavy atom. The summed E-state index contributed by atoms with van der Waals surface area (Å²) in [6.45, 7) is 1.98. The third-order valence-electron chi connectivity index (χ3n) is 3.52. The average molecular weight is 281 g/mol. The first-order valence-corrected chi connectivity index (χ1v) is 6.83. The monoisotopic (exact) mass is 281 g/mol. The van der Waals surface area contributed by atoms with Gasteiger partial charge in [-0.15, -0.1) is 0 Å². The van der Waals surface area contributed by atoms with Crippen LogP contribution in [0.3, 0.4) is 0 Å². The Hall–Kier alpha value is -2.33. The number of pyridine rings is 2. The van der Waals surface area contributed by atoms with Gasteiger partial charge in [0, 0.05) is 11.1 Å². The number of hydrogen-bond acceptors (Lipinski definition) is 3. The lowest BCUT2D eigenvalue weighted by atomic mass is 10.0. The third-order valence-corrected chi connectivity index (χ3v) is 3.52. The van der Waals surface area contributed by atoms with E-state index < -0.39 is 0 Å². The Balaban J connectivity index is 2.04. The first-order chi connectivity index (χ1) is 10.2. The van der Waals surface area contributed by atoms with Gasteiger partial charge in [-0.2, -0.15) is 0 Å². The molecule has 3 rings (SSSR count). The molecule has 2 heterocycles. The molecule has 0 saturated carbocycles. The zero-order valence-corrected chi connectivity index (χ0v) is 12.0. The van der Waals surface area contributed by atoms with Crippen LogP contribution < -0.4 is 5.32 Å². The van der Waals surface area contributed by atoms with Crippen molar-refractivity contribution in [2.45, 2.75) is 13.0 Å². The van der Waals surface area contributed by atoms with Crippen LogP contribution in [0.4, 0.5) is 4.39 Å². The van der Waals surface area contributed by atoms with Crippen LogP contribution in [-0.4, -0.2) is 17.0 Å². The Morgan fingerprint density at radius 2 is 1.95 bits per heavy atom. The highest BCUT2D eigenvalue weighted by atomic mass is 19.1. The molecule has 1 aromatic carbocycles. The predicted octanol–water partition coefficient (Wildman–Crippen LogP) is 3.39. The molecule has 0 amide bonds. The molecule has 0 radical (unpaired) electrons. The fourth-order valence-corrected chi connectivity index (χ4v) is 2.47. The van der Waals surface area contributed by atoms with E-state index >= 15 is 0 Å². The number of nitrogens with zero attached hydrogens (tertiary/aromatic N) is 2. The van der Waals surface area contributed by atoms with E-state index in [9.17, 15) is 4.39 Å². The Kier molecular flexibility index (Phi) is 3.62. The molecule has 1 unspecified atom stereocenters. The van der Waals surface area contributed by atoms with Gasteiger partial charge in [0.2, 0.25) is 0 Å². The summed E-state index contributed by atoms with van der Waals surface area (Å²) in [6, 6.07) is 13.2. The van der Waals surface area contributed by atoms with Crippen LogP contribution in [0.1, 0.15) is 23.0 Å². The van der Waals surface area contributed by atoms with Crippen LogP contribution >= 0.6 is 0 Å². The van der Waals surface area contributed by atoms with Crippen molar-refractivity contribution in [3.05, 3.63) is 71.4 Å². The first kappa shape index (κ1) is 13.6. The summed E-state index contributed by atoms with van der Waals surface area (Å²) in [5, 5.41) is 4.31. The van der Waals surface area contributed by atoms with Crippen molar-refractivity contribution >= 4 is 10.9 Å². The second kappa shape index (κ2) is 5.58. The molecule has 0 bridgehead atoms. The van der Waals surface area contributed by atoms with Gasteiger partial charge in [-0.1, -0.05) is 12.1 Å². The van der Waals surface area contributed by atoms with Crippen LogP contribution in [0.15, 0.2) is 48.7 Å². The van der Waals surface area contributed by atoms with Gasteiger partial charge in [0.15, 0.2) is 0 Å². The lowest BCUT2D eigenvalue weighted by Gasteiger charge is -2.16. The molecule has 3 nitrogen and oxygen atoms in total. The lowest BCUT2D eigenvalue weighted by molar-refractivity contribution is 0.610. The molecule has 4 heteroatoms. The van der Waals surface area contributed by atoms with Crippen LogP contribution in [0.2, 0.25) is 0 Å². The van der Waals surface area contributed by atoms with E-state index in [1.165, 1.54) is 12.3 Å². The largest absolute Gasteiger partial charge is 0.308 e. The second-order valence-corrected chi connectivity index (χ2v) is 5.03. The summed E-state index contributed by atoms with van der Waals surface area (Å²) < 4.78 is 13.0. The topological polar surface area (TPSA) is 37.8 Å². The molecule has 21 heavy (non-hydrogen) atoms. The maximum absolute atomic E-state index is 13.0. The lowest BCUT2D eigenvalue weighted by Crippen LogP contribution is -2.18. The summed E-state index contributed by atoms with van der Waals surface area (Å²) >= 11 is 0.